The van der Waals surface area contributed by atoms with Crippen molar-refractivity contribution in [2.45, 2.75) is 25.8 Å². The molecule has 0 fully saturated rings. The summed E-state index contributed by atoms with van der Waals surface area (Å²) in [5, 5.41) is 6.13. The van der Waals surface area contributed by atoms with E-state index < -0.39 is 0 Å². The second-order valence-corrected chi connectivity index (χ2v) is 7.60. The van der Waals surface area contributed by atoms with Gasteiger partial charge in [0.25, 0.3) is 5.91 Å². The van der Waals surface area contributed by atoms with Gasteiger partial charge in [-0.1, -0.05) is 43.7 Å². The van der Waals surface area contributed by atoms with Crippen LogP contribution in [0.15, 0.2) is 72.2 Å². The van der Waals surface area contributed by atoms with Crippen molar-refractivity contribution in [1.29, 1.82) is 0 Å². The molecule has 3 heterocycles. The molecule has 4 aromatic rings. The number of aromatic nitrogens is 2. The van der Waals surface area contributed by atoms with E-state index in [1.165, 1.54) is 4.88 Å². The Balaban J connectivity index is 1.75. The molecule has 1 amide bonds. The highest BCUT2D eigenvalue weighted by molar-refractivity contribution is 7.10. The molecular weight excluding hydrogens is 366 g/mol. The summed E-state index contributed by atoms with van der Waals surface area (Å²) in [6.07, 6.45) is 3.64. The van der Waals surface area contributed by atoms with E-state index in [1.807, 2.05) is 60.0 Å². The second kappa shape index (κ2) is 8.31. The Morgan fingerprint density at radius 2 is 1.93 bits per heavy atom. The van der Waals surface area contributed by atoms with Crippen LogP contribution in [0.3, 0.4) is 0 Å². The molecule has 4 nitrogen and oxygen atoms in total. The van der Waals surface area contributed by atoms with Gasteiger partial charge in [0.2, 0.25) is 0 Å². The van der Waals surface area contributed by atoms with E-state index >= 15 is 0 Å². The van der Waals surface area contributed by atoms with Gasteiger partial charge in [-0.25, -0.2) is 4.98 Å². The van der Waals surface area contributed by atoms with Gasteiger partial charge in [0.15, 0.2) is 0 Å². The zero-order valence-corrected chi connectivity index (χ0v) is 16.4. The van der Waals surface area contributed by atoms with E-state index in [-0.39, 0.29) is 11.9 Å². The third kappa shape index (κ3) is 3.80. The van der Waals surface area contributed by atoms with Crippen LogP contribution in [0.4, 0.5) is 0 Å². The SMILES string of the molecule is CCC[C@@H](NC(=O)c1cc(-c2ccccn2)nc2ccccc12)c1cccs1. The highest BCUT2D eigenvalue weighted by atomic mass is 32.1. The standard InChI is InChI=1S/C23H21N3OS/c1-2-8-20(22-12-7-14-28-22)26-23(27)17-15-21(19-11-5-6-13-24-19)25-18-10-4-3-9-16(17)18/h3-7,9-15,20H,2,8H2,1H3,(H,26,27)/t20-/m1/s1. The Bertz CT molecular complexity index is 1080. The lowest BCUT2D eigenvalue weighted by molar-refractivity contribution is 0.0937. The number of amides is 1. The minimum atomic E-state index is -0.0809. The van der Waals surface area contributed by atoms with Crippen LogP contribution in [-0.4, -0.2) is 15.9 Å². The smallest absolute Gasteiger partial charge is 0.252 e. The van der Waals surface area contributed by atoms with Gasteiger partial charge in [0.1, 0.15) is 0 Å². The van der Waals surface area contributed by atoms with Gasteiger partial charge in [0.05, 0.1) is 28.5 Å². The lowest BCUT2D eigenvalue weighted by Crippen LogP contribution is -2.28. The second-order valence-electron chi connectivity index (χ2n) is 6.62. The van der Waals surface area contributed by atoms with E-state index in [2.05, 4.69) is 23.3 Å². The molecule has 0 unspecified atom stereocenters. The van der Waals surface area contributed by atoms with Crippen LogP contribution < -0.4 is 5.32 Å². The van der Waals surface area contributed by atoms with Gasteiger partial charge in [0, 0.05) is 16.5 Å². The number of carbonyl (C=O) groups is 1. The van der Waals surface area contributed by atoms with Gasteiger partial charge in [-0.2, -0.15) is 0 Å². The Labute approximate surface area is 168 Å². The highest BCUT2D eigenvalue weighted by Gasteiger charge is 2.19. The van der Waals surface area contributed by atoms with Crippen LogP contribution in [0.2, 0.25) is 0 Å². The number of hydrogen-bond donors (Lipinski definition) is 1. The molecule has 0 aliphatic rings. The van der Waals surface area contributed by atoms with E-state index in [0.29, 0.717) is 11.3 Å². The van der Waals surface area contributed by atoms with Crippen LogP contribution >= 0.6 is 11.3 Å². The number of rotatable bonds is 6. The summed E-state index contributed by atoms with van der Waals surface area (Å²) >= 11 is 1.67. The average Bonchev–Trinajstić information content (AvgIpc) is 3.28. The topological polar surface area (TPSA) is 54.9 Å². The molecule has 0 saturated heterocycles. The third-order valence-electron chi connectivity index (χ3n) is 4.66. The largest absolute Gasteiger partial charge is 0.344 e. The number of carbonyl (C=O) groups excluding carboxylic acids is 1. The summed E-state index contributed by atoms with van der Waals surface area (Å²) in [4.78, 5) is 23.6. The number of thiophene rings is 1. The molecule has 1 aromatic carbocycles. The van der Waals surface area contributed by atoms with Crippen molar-refractivity contribution in [3.8, 4) is 11.4 Å². The summed E-state index contributed by atoms with van der Waals surface area (Å²) < 4.78 is 0. The molecule has 5 heteroatoms. The van der Waals surface area contributed by atoms with Gasteiger partial charge in [-0.05, 0) is 42.1 Å². The fraction of sp³-hybridized carbons (Fsp3) is 0.174. The quantitative estimate of drug-likeness (QED) is 0.466. The molecule has 28 heavy (non-hydrogen) atoms. The Morgan fingerprint density at radius 1 is 1.07 bits per heavy atom. The first-order valence-electron chi connectivity index (χ1n) is 9.41. The summed E-state index contributed by atoms with van der Waals surface area (Å²) in [5.41, 5.74) is 2.88. The minimum absolute atomic E-state index is 0.0164. The average molecular weight is 388 g/mol. The lowest BCUT2D eigenvalue weighted by atomic mass is 10.0. The number of nitrogens with zero attached hydrogens (tertiary/aromatic N) is 2. The van der Waals surface area contributed by atoms with E-state index in [9.17, 15) is 4.79 Å². The lowest BCUT2D eigenvalue weighted by Gasteiger charge is -2.18. The maximum atomic E-state index is 13.3. The predicted molar refractivity (Wildman–Crippen MR) is 114 cm³/mol. The van der Waals surface area contributed by atoms with Crippen LogP contribution in [0.1, 0.15) is 41.0 Å². The van der Waals surface area contributed by atoms with Crippen LogP contribution in [0.5, 0.6) is 0 Å². The molecule has 3 aromatic heterocycles. The number of pyridine rings is 2. The summed E-state index contributed by atoms with van der Waals surface area (Å²) in [6.45, 7) is 2.13. The van der Waals surface area contributed by atoms with Gasteiger partial charge in [-0.15, -0.1) is 11.3 Å². The molecule has 1 atom stereocenters. The Hall–Kier alpha value is -3.05. The van der Waals surface area contributed by atoms with Crippen LogP contribution in [-0.2, 0) is 0 Å². The number of fused-ring (bicyclic) bond motifs is 1. The van der Waals surface area contributed by atoms with Crippen molar-refractivity contribution in [3.63, 3.8) is 0 Å². The van der Waals surface area contributed by atoms with Crippen molar-refractivity contribution in [3.05, 3.63) is 82.7 Å². The Kier molecular flexibility index (Phi) is 5.44. The maximum absolute atomic E-state index is 13.3. The zero-order chi connectivity index (χ0) is 19.3. The highest BCUT2D eigenvalue weighted by Crippen LogP contribution is 2.27. The number of nitrogens with one attached hydrogen (secondary N) is 1. The minimum Gasteiger partial charge on any atom is -0.344 e. The van der Waals surface area contributed by atoms with E-state index in [1.54, 1.807) is 17.5 Å². The van der Waals surface area contributed by atoms with Gasteiger partial charge < -0.3 is 5.32 Å². The molecule has 1 N–H and O–H groups in total. The van der Waals surface area contributed by atoms with Crippen molar-refractivity contribution in [1.82, 2.24) is 15.3 Å². The molecular formula is C23H21N3OS. The molecule has 0 aliphatic carbocycles. The predicted octanol–water partition coefficient (Wildman–Crippen LogP) is 5.63. The molecule has 0 saturated carbocycles. The van der Waals surface area contributed by atoms with Crippen LogP contribution in [0, 0.1) is 0 Å². The maximum Gasteiger partial charge on any atom is 0.252 e. The Morgan fingerprint density at radius 3 is 2.68 bits per heavy atom. The van der Waals surface area contributed by atoms with E-state index in [0.717, 1.165) is 29.4 Å². The van der Waals surface area contributed by atoms with Crippen molar-refractivity contribution in [2.75, 3.05) is 0 Å². The number of benzene rings is 1. The van der Waals surface area contributed by atoms with Gasteiger partial charge in [-0.3, -0.25) is 9.78 Å². The van der Waals surface area contributed by atoms with E-state index in [4.69, 9.17) is 4.98 Å². The zero-order valence-electron chi connectivity index (χ0n) is 15.6. The first-order chi connectivity index (χ1) is 13.8. The van der Waals surface area contributed by atoms with Crippen molar-refractivity contribution < 1.29 is 4.79 Å². The van der Waals surface area contributed by atoms with Crippen LogP contribution in [0.25, 0.3) is 22.3 Å². The first-order valence-corrected chi connectivity index (χ1v) is 10.3. The first kappa shape index (κ1) is 18.3. The molecule has 4 rings (SSSR count). The third-order valence-corrected chi connectivity index (χ3v) is 5.64. The van der Waals surface area contributed by atoms with Crippen molar-refractivity contribution >= 4 is 28.1 Å². The normalized spacial score (nSPS) is 12.0. The summed E-state index contributed by atoms with van der Waals surface area (Å²) in [6, 6.07) is 19.4. The fourth-order valence-electron chi connectivity index (χ4n) is 3.31. The fourth-order valence-corrected chi connectivity index (χ4v) is 4.12. The molecule has 140 valence electrons. The molecule has 0 radical (unpaired) electrons. The van der Waals surface area contributed by atoms with Gasteiger partial charge >= 0.3 is 0 Å². The molecule has 0 bridgehead atoms. The number of para-hydroxylation sites is 1. The number of hydrogen-bond acceptors (Lipinski definition) is 4. The molecule has 0 aliphatic heterocycles. The summed E-state index contributed by atoms with van der Waals surface area (Å²) in [7, 11) is 0. The summed E-state index contributed by atoms with van der Waals surface area (Å²) in [5.74, 6) is -0.0809. The molecule has 0 spiro atoms. The van der Waals surface area contributed by atoms with Crippen molar-refractivity contribution in [2.24, 2.45) is 0 Å². The monoisotopic (exact) mass is 387 g/mol.